The Hall–Kier alpha value is -5.04. The molecule has 1 aliphatic rings. The average Bonchev–Trinajstić information content (AvgIpc) is 3.41. The highest BCUT2D eigenvalue weighted by Crippen LogP contribution is 2.44. The Morgan fingerprint density at radius 3 is 2.51 bits per heavy atom. The molecule has 1 heterocycles. The van der Waals surface area contributed by atoms with Gasteiger partial charge in [0.1, 0.15) is 11.5 Å². The topological polar surface area (TPSA) is 150 Å². The molecule has 3 aromatic rings. The Labute approximate surface area is 256 Å². The Morgan fingerprint density at radius 2 is 1.84 bits per heavy atom. The summed E-state index contributed by atoms with van der Waals surface area (Å²) in [6.07, 6.45) is -3.65. The zero-order valence-corrected chi connectivity index (χ0v) is 24.0. The summed E-state index contributed by atoms with van der Waals surface area (Å²) >= 11 is 0. The fourth-order valence-electron chi connectivity index (χ4n) is 4.70. The van der Waals surface area contributed by atoms with Gasteiger partial charge in [0.25, 0.3) is 5.91 Å². The fourth-order valence-corrected chi connectivity index (χ4v) is 4.70. The molecule has 0 unspecified atom stereocenters. The number of carbonyl (C=O) groups excluding carboxylic acids is 1. The summed E-state index contributed by atoms with van der Waals surface area (Å²) in [6.45, 7) is 4.29. The maximum absolute atomic E-state index is 14.0. The SMILES string of the molecule is C=CC[C@]1(C(=O)NNCc2ccc(OC(F)(F)F)cc2)N=C(c2ccc(OCCCO)cc2)O[C@H]1c1ccccc1CN=[N+]=[N-]. The third-order valence-corrected chi connectivity index (χ3v) is 6.78. The van der Waals surface area contributed by atoms with Gasteiger partial charge in [0, 0.05) is 36.5 Å². The number of nitrogens with one attached hydrogen (secondary N) is 2. The summed E-state index contributed by atoms with van der Waals surface area (Å²) in [6, 6.07) is 19.2. The van der Waals surface area contributed by atoms with Crippen LogP contribution in [0.15, 0.2) is 95.6 Å². The molecule has 4 rings (SSSR count). The average molecular weight is 625 g/mol. The van der Waals surface area contributed by atoms with E-state index in [1.54, 1.807) is 54.6 Å². The fraction of sp³-hybridized carbons (Fsp3) is 0.290. The van der Waals surface area contributed by atoms with Crippen LogP contribution < -0.4 is 20.3 Å². The van der Waals surface area contributed by atoms with Gasteiger partial charge >= 0.3 is 6.36 Å². The normalized spacial score (nSPS) is 17.4. The first-order valence-electron chi connectivity index (χ1n) is 13.9. The van der Waals surface area contributed by atoms with Crippen molar-refractivity contribution in [2.75, 3.05) is 13.2 Å². The van der Waals surface area contributed by atoms with Gasteiger partial charge in [-0.1, -0.05) is 47.6 Å². The van der Waals surface area contributed by atoms with Crippen molar-refractivity contribution < 1.29 is 37.3 Å². The number of hydrazine groups is 1. The molecule has 0 spiro atoms. The van der Waals surface area contributed by atoms with E-state index in [2.05, 4.69) is 32.2 Å². The van der Waals surface area contributed by atoms with Crippen LogP contribution in [0.2, 0.25) is 0 Å². The number of aliphatic imine (C=N–C) groups is 1. The first-order valence-corrected chi connectivity index (χ1v) is 13.9. The van der Waals surface area contributed by atoms with E-state index in [0.29, 0.717) is 41.0 Å². The Kier molecular flexibility index (Phi) is 11.0. The van der Waals surface area contributed by atoms with Crippen molar-refractivity contribution in [2.45, 2.75) is 43.9 Å². The van der Waals surface area contributed by atoms with Crippen LogP contribution in [0.1, 0.15) is 41.2 Å². The van der Waals surface area contributed by atoms with Crippen LogP contribution >= 0.6 is 0 Å². The molecule has 11 nitrogen and oxygen atoms in total. The van der Waals surface area contributed by atoms with Crippen LogP contribution in [0, 0.1) is 0 Å². The number of ether oxygens (including phenoxy) is 3. The third-order valence-electron chi connectivity index (χ3n) is 6.78. The third kappa shape index (κ3) is 8.54. The molecular formula is C31H31F3N6O5. The van der Waals surface area contributed by atoms with E-state index in [4.69, 9.17) is 25.1 Å². The first-order chi connectivity index (χ1) is 21.7. The summed E-state index contributed by atoms with van der Waals surface area (Å²) in [5, 5.41) is 12.7. The number of nitrogens with zero attached hydrogens (tertiary/aromatic N) is 4. The number of rotatable bonds is 15. The number of azide groups is 1. The van der Waals surface area contributed by atoms with Crippen molar-refractivity contribution in [2.24, 2.45) is 10.1 Å². The highest BCUT2D eigenvalue weighted by Gasteiger charge is 2.53. The maximum atomic E-state index is 14.0. The molecule has 0 radical (unpaired) electrons. The largest absolute Gasteiger partial charge is 0.573 e. The lowest BCUT2D eigenvalue weighted by Gasteiger charge is -2.30. The molecule has 1 aliphatic heterocycles. The predicted octanol–water partition coefficient (Wildman–Crippen LogP) is 5.81. The van der Waals surface area contributed by atoms with Gasteiger partial charge in [-0.2, -0.15) is 0 Å². The smallest absolute Gasteiger partial charge is 0.494 e. The molecule has 0 fully saturated rings. The number of hydrogen-bond acceptors (Lipinski definition) is 8. The van der Waals surface area contributed by atoms with Gasteiger partial charge in [0.15, 0.2) is 11.6 Å². The molecule has 3 N–H and O–H groups in total. The molecule has 0 saturated heterocycles. The standard InChI is InChI=1S/C31H31F3N6O5/c1-2-16-30(29(42)39-36-19-21-8-12-25(13-9-21)45-31(32,33)34)27(26-7-4-3-6-23(26)20-37-40-35)44-28(38-30)22-10-14-24(15-11-22)43-18-5-17-41/h2-4,6-15,27,36,41H,1,5,16-20H2,(H,39,42)/t27-,30-/m0/s1. The van der Waals surface area contributed by atoms with Crippen LogP contribution in [0.5, 0.6) is 11.5 Å². The van der Waals surface area contributed by atoms with Crippen molar-refractivity contribution in [1.29, 1.82) is 0 Å². The zero-order valence-electron chi connectivity index (χ0n) is 24.0. The van der Waals surface area contributed by atoms with Gasteiger partial charge in [-0.25, -0.2) is 10.4 Å². The molecular weight excluding hydrogens is 593 g/mol. The summed E-state index contributed by atoms with van der Waals surface area (Å²) in [5.41, 5.74) is 15.3. The second-order valence-electron chi connectivity index (χ2n) is 9.87. The molecule has 1 amide bonds. The van der Waals surface area contributed by atoms with E-state index in [1.165, 1.54) is 24.3 Å². The van der Waals surface area contributed by atoms with Crippen molar-refractivity contribution in [3.8, 4) is 11.5 Å². The molecule has 0 bridgehead atoms. The van der Waals surface area contributed by atoms with Crippen molar-refractivity contribution in [1.82, 2.24) is 10.9 Å². The van der Waals surface area contributed by atoms with Crippen LogP contribution in [-0.2, 0) is 22.6 Å². The molecule has 3 aromatic carbocycles. The van der Waals surface area contributed by atoms with E-state index < -0.39 is 23.9 Å². The summed E-state index contributed by atoms with van der Waals surface area (Å²) in [5.74, 6) is -0.142. The molecule has 0 aliphatic carbocycles. The van der Waals surface area contributed by atoms with Gasteiger partial charge < -0.3 is 19.3 Å². The second-order valence-corrected chi connectivity index (χ2v) is 9.87. The van der Waals surface area contributed by atoms with Crippen LogP contribution in [0.3, 0.4) is 0 Å². The number of carbonyl (C=O) groups is 1. The zero-order chi connectivity index (χ0) is 32.3. The molecule has 0 saturated carbocycles. The lowest BCUT2D eigenvalue weighted by molar-refractivity contribution is -0.274. The van der Waals surface area contributed by atoms with E-state index in [1.807, 2.05) is 0 Å². The molecule has 236 valence electrons. The minimum Gasteiger partial charge on any atom is -0.494 e. The van der Waals surface area contributed by atoms with Crippen LogP contribution in [0.25, 0.3) is 10.4 Å². The van der Waals surface area contributed by atoms with E-state index >= 15 is 0 Å². The summed E-state index contributed by atoms with van der Waals surface area (Å²) in [4.78, 5) is 21.6. The van der Waals surface area contributed by atoms with Crippen LogP contribution in [-0.4, -0.2) is 42.0 Å². The van der Waals surface area contributed by atoms with Crippen molar-refractivity contribution >= 4 is 11.8 Å². The summed E-state index contributed by atoms with van der Waals surface area (Å²) in [7, 11) is 0. The highest BCUT2D eigenvalue weighted by atomic mass is 19.4. The Bertz CT molecular complexity index is 1540. The Morgan fingerprint density at radius 1 is 1.13 bits per heavy atom. The highest BCUT2D eigenvalue weighted by molar-refractivity contribution is 6.01. The summed E-state index contributed by atoms with van der Waals surface area (Å²) < 4.78 is 53.4. The van der Waals surface area contributed by atoms with Crippen LogP contribution in [0.4, 0.5) is 13.2 Å². The van der Waals surface area contributed by atoms with Gasteiger partial charge in [0.05, 0.1) is 13.2 Å². The van der Waals surface area contributed by atoms with E-state index in [-0.39, 0.29) is 37.8 Å². The minimum atomic E-state index is -4.80. The van der Waals surface area contributed by atoms with Gasteiger partial charge in [-0.05, 0) is 58.6 Å². The van der Waals surface area contributed by atoms with E-state index in [9.17, 15) is 18.0 Å². The predicted molar refractivity (Wildman–Crippen MR) is 159 cm³/mol. The number of amides is 1. The molecule has 2 atom stereocenters. The van der Waals surface area contributed by atoms with E-state index in [0.717, 1.165) is 0 Å². The maximum Gasteiger partial charge on any atom is 0.573 e. The molecule has 45 heavy (non-hydrogen) atoms. The number of hydrogen-bond donors (Lipinski definition) is 3. The van der Waals surface area contributed by atoms with Gasteiger partial charge in [-0.3, -0.25) is 10.2 Å². The second kappa shape index (κ2) is 15.1. The monoisotopic (exact) mass is 624 g/mol. The lowest BCUT2D eigenvalue weighted by Crippen LogP contribution is -2.52. The quantitative estimate of drug-likeness (QED) is 0.0485. The van der Waals surface area contributed by atoms with Gasteiger partial charge in [-0.15, -0.1) is 19.8 Å². The van der Waals surface area contributed by atoms with Crippen molar-refractivity contribution in [3.63, 3.8) is 0 Å². The minimum absolute atomic E-state index is 0.0107. The lowest BCUT2D eigenvalue weighted by atomic mass is 9.83. The number of halogens is 3. The number of aliphatic hydroxyl groups excluding tert-OH is 1. The number of aliphatic hydroxyl groups is 1. The number of alkyl halides is 3. The first kappa shape index (κ1) is 32.9. The number of benzene rings is 3. The molecule has 14 heteroatoms. The van der Waals surface area contributed by atoms with Crippen molar-refractivity contribution in [3.05, 3.63) is 118 Å². The molecule has 0 aromatic heterocycles. The Balaban J connectivity index is 1.61. The van der Waals surface area contributed by atoms with Gasteiger partial charge in [0.2, 0.25) is 5.90 Å².